The van der Waals surface area contributed by atoms with Crippen LogP contribution in [-0.2, 0) is 13.6 Å². The summed E-state index contributed by atoms with van der Waals surface area (Å²) in [6.07, 6.45) is 32.7. The molecule has 5 nitrogen and oxygen atoms in total. The fourth-order valence-electron chi connectivity index (χ4n) is 6.60. The summed E-state index contributed by atoms with van der Waals surface area (Å²) in [4.78, 5) is 13.3. The van der Waals surface area contributed by atoms with E-state index in [1.54, 1.807) is 0 Å². The van der Waals surface area contributed by atoms with Gasteiger partial charge in [0.2, 0.25) is 5.91 Å². The molecule has 312 valence electrons. The van der Waals surface area contributed by atoms with Crippen LogP contribution < -0.4 is 5.32 Å². The predicted octanol–water partition coefficient (Wildman–Crippen LogP) is 14.4. The van der Waals surface area contributed by atoms with Gasteiger partial charge in [0.1, 0.15) is 0 Å². The molecular formula is C45H95NO4Si2. The van der Waals surface area contributed by atoms with Crippen LogP contribution >= 0.6 is 0 Å². The van der Waals surface area contributed by atoms with Crippen LogP contribution in [0.3, 0.4) is 0 Å². The van der Waals surface area contributed by atoms with E-state index >= 15 is 0 Å². The second kappa shape index (κ2) is 29.1. The van der Waals surface area contributed by atoms with Gasteiger partial charge in [-0.1, -0.05) is 203 Å². The summed E-state index contributed by atoms with van der Waals surface area (Å²) in [7, 11) is -4.36. The molecule has 0 heterocycles. The molecule has 7 heteroatoms. The van der Waals surface area contributed by atoms with Crippen molar-refractivity contribution in [2.45, 2.75) is 277 Å². The van der Waals surface area contributed by atoms with E-state index < -0.39 is 22.7 Å². The molecule has 0 saturated carbocycles. The van der Waals surface area contributed by atoms with Gasteiger partial charge in [0.25, 0.3) is 0 Å². The lowest BCUT2D eigenvalue weighted by molar-refractivity contribution is -0.124. The maximum Gasteiger partial charge on any atom is 0.220 e. The van der Waals surface area contributed by atoms with E-state index in [1.165, 1.54) is 122 Å². The molecule has 0 aromatic rings. The van der Waals surface area contributed by atoms with Crippen molar-refractivity contribution in [1.82, 2.24) is 5.32 Å². The van der Waals surface area contributed by atoms with Crippen LogP contribution in [0.25, 0.3) is 0 Å². The summed E-state index contributed by atoms with van der Waals surface area (Å²) in [6.45, 7) is 27.1. The minimum atomic E-state index is -2.23. The van der Waals surface area contributed by atoms with Crippen molar-refractivity contribution in [2.24, 2.45) is 0 Å². The highest BCUT2D eigenvalue weighted by Crippen LogP contribution is 2.41. The van der Waals surface area contributed by atoms with Gasteiger partial charge in [-0.2, -0.15) is 0 Å². The van der Waals surface area contributed by atoms with Crippen LogP contribution in [0, 0.1) is 0 Å². The highest BCUT2D eigenvalue weighted by atomic mass is 28.4. The first-order valence-corrected chi connectivity index (χ1v) is 28.5. The van der Waals surface area contributed by atoms with Crippen molar-refractivity contribution < 1.29 is 18.8 Å². The second-order valence-corrected chi connectivity index (χ2v) is 28.9. The number of carbonyl (C=O) groups excluding carboxylic acids is 1. The number of hydrogen-bond acceptors (Lipinski definition) is 4. The van der Waals surface area contributed by atoms with Crippen LogP contribution in [0.1, 0.15) is 222 Å². The molecule has 0 unspecified atom stereocenters. The van der Waals surface area contributed by atoms with E-state index in [0.717, 1.165) is 38.5 Å². The molecular weight excluding hydrogens is 675 g/mol. The summed E-state index contributed by atoms with van der Waals surface area (Å²) in [5, 5.41) is 14.1. The number of aliphatic hydroxyl groups excluding tert-OH is 1. The second-order valence-electron chi connectivity index (χ2n) is 19.4. The highest BCUT2D eigenvalue weighted by Gasteiger charge is 2.46. The van der Waals surface area contributed by atoms with Gasteiger partial charge in [-0.05, 0) is 49.1 Å². The number of rotatable bonds is 34. The summed E-state index contributed by atoms with van der Waals surface area (Å²) in [6, 6.07) is -0.479. The predicted molar refractivity (Wildman–Crippen MR) is 235 cm³/mol. The number of unbranched alkanes of at least 4 members (excludes halogenated alkanes) is 22. The average Bonchev–Trinajstić information content (AvgIpc) is 3.05. The quantitative estimate of drug-likeness (QED) is 0.0505. The van der Waals surface area contributed by atoms with Crippen LogP contribution in [0.2, 0.25) is 36.3 Å². The zero-order valence-electron chi connectivity index (χ0n) is 37.5. The molecule has 0 aromatic heterocycles. The van der Waals surface area contributed by atoms with E-state index in [0.29, 0.717) is 6.42 Å². The Morgan fingerprint density at radius 2 is 0.865 bits per heavy atom. The Bertz CT molecular complexity index is 851. The third-order valence-electron chi connectivity index (χ3n) is 12.4. The van der Waals surface area contributed by atoms with E-state index in [-0.39, 0.29) is 34.8 Å². The summed E-state index contributed by atoms with van der Waals surface area (Å²) < 4.78 is 14.2. The van der Waals surface area contributed by atoms with Gasteiger partial charge in [0.05, 0.1) is 24.9 Å². The van der Waals surface area contributed by atoms with Crippen LogP contribution in [0.15, 0.2) is 0 Å². The van der Waals surface area contributed by atoms with Gasteiger partial charge < -0.3 is 19.3 Å². The average molecular weight is 770 g/mol. The van der Waals surface area contributed by atoms with Gasteiger partial charge in [-0.25, -0.2) is 0 Å². The third kappa shape index (κ3) is 24.3. The lowest BCUT2D eigenvalue weighted by Gasteiger charge is -2.47. The van der Waals surface area contributed by atoms with Crippen molar-refractivity contribution in [3.8, 4) is 0 Å². The van der Waals surface area contributed by atoms with E-state index in [4.69, 9.17) is 8.85 Å². The van der Waals surface area contributed by atoms with Gasteiger partial charge >= 0.3 is 0 Å². The lowest BCUT2D eigenvalue weighted by Crippen LogP contribution is -2.59. The molecule has 0 rings (SSSR count). The monoisotopic (exact) mass is 770 g/mol. The standard InChI is InChI=1S/C45H95NO4Si2/c1-13-15-17-18-19-20-21-22-23-24-25-26-27-28-29-30-31-32-33-34-36-38-42(48)46-40(39-47)43(50-52(11,12)45(6,7)8)41(37-35-16-14-2)49-51(9,10)44(3,4)5/h40-41,43,47H,13-39H2,1-12H3,(H,46,48)/t40-,41+,43-/m0/s1. The Labute approximate surface area is 329 Å². The Morgan fingerprint density at radius 3 is 1.21 bits per heavy atom. The molecule has 0 aromatic carbocycles. The zero-order chi connectivity index (χ0) is 39.5. The fourth-order valence-corrected chi connectivity index (χ4v) is 9.32. The molecule has 1 amide bonds. The largest absolute Gasteiger partial charge is 0.411 e. The third-order valence-corrected chi connectivity index (χ3v) is 21.4. The summed E-state index contributed by atoms with van der Waals surface area (Å²) >= 11 is 0. The molecule has 3 atom stereocenters. The van der Waals surface area contributed by atoms with Gasteiger partial charge in [-0.3, -0.25) is 4.79 Å². The van der Waals surface area contributed by atoms with E-state index in [2.05, 4.69) is 86.9 Å². The Morgan fingerprint density at radius 1 is 0.538 bits per heavy atom. The van der Waals surface area contributed by atoms with Gasteiger partial charge in [0.15, 0.2) is 16.6 Å². The zero-order valence-corrected chi connectivity index (χ0v) is 39.5. The minimum absolute atomic E-state index is 0.00633. The SMILES string of the molecule is CCCCCCCCCCCCCCCCCCCCCCCC(=O)N[C@@H](CO)[C@H](O[Si](C)(C)C(C)(C)C)[C@@H](CCCCC)O[Si](C)(C)C(C)(C)C. The van der Waals surface area contributed by atoms with Crippen molar-refractivity contribution >= 4 is 22.5 Å². The molecule has 0 saturated heterocycles. The van der Waals surface area contributed by atoms with Crippen LogP contribution in [0.5, 0.6) is 0 Å². The van der Waals surface area contributed by atoms with Crippen molar-refractivity contribution in [1.29, 1.82) is 0 Å². The van der Waals surface area contributed by atoms with E-state index in [9.17, 15) is 9.90 Å². The Balaban J connectivity index is 4.65. The van der Waals surface area contributed by atoms with Crippen LogP contribution in [0.4, 0.5) is 0 Å². The molecule has 0 fully saturated rings. The molecule has 0 aliphatic rings. The van der Waals surface area contributed by atoms with Crippen LogP contribution in [-0.4, -0.2) is 52.5 Å². The lowest BCUT2D eigenvalue weighted by atomic mass is 10.00. The number of aliphatic hydroxyl groups is 1. The Kier molecular flexibility index (Phi) is 29.0. The number of hydrogen-bond donors (Lipinski definition) is 2. The molecule has 52 heavy (non-hydrogen) atoms. The van der Waals surface area contributed by atoms with Crippen molar-refractivity contribution in [3.63, 3.8) is 0 Å². The number of amides is 1. The van der Waals surface area contributed by atoms with Gasteiger partial charge in [-0.15, -0.1) is 0 Å². The maximum absolute atomic E-state index is 13.3. The number of nitrogens with one attached hydrogen (secondary N) is 1. The smallest absolute Gasteiger partial charge is 0.220 e. The molecule has 0 bridgehead atoms. The first-order chi connectivity index (χ1) is 24.4. The fraction of sp³-hybridized carbons (Fsp3) is 0.978. The molecule has 0 radical (unpaired) electrons. The molecule has 2 N–H and O–H groups in total. The first-order valence-electron chi connectivity index (χ1n) is 22.7. The molecule has 0 spiro atoms. The topological polar surface area (TPSA) is 67.8 Å². The molecule has 0 aliphatic carbocycles. The normalized spacial score (nSPS) is 14.8. The van der Waals surface area contributed by atoms with Crippen molar-refractivity contribution in [2.75, 3.05) is 6.61 Å². The van der Waals surface area contributed by atoms with Crippen molar-refractivity contribution in [3.05, 3.63) is 0 Å². The number of carbonyl (C=O) groups is 1. The maximum atomic E-state index is 13.3. The first kappa shape index (κ1) is 51.8. The molecule has 0 aliphatic heterocycles. The summed E-state index contributed by atoms with van der Waals surface area (Å²) in [5.74, 6) is 0.0281. The summed E-state index contributed by atoms with van der Waals surface area (Å²) in [5.41, 5.74) is 0. The highest BCUT2D eigenvalue weighted by molar-refractivity contribution is 6.74. The Hall–Kier alpha value is -0.216. The van der Waals surface area contributed by atoms with Gasteiger partial charge in [0, 0.05) is 6.42 Å². The van der Waals surface area contributed by atoms with E-state index in [1.807, 2.05) is 0 Å². The minimum Gasteiger partial charge on any atom is -0.411 e.